The molecule has 0 saturated heterocycles. The van der Waals surface area contributed by atoms with E-state index in [0.29, 0.717) is 5.69 Å². The zero-order chi connectivity index (χ0) is 16.2. The summed E-state index contributed by atoms with van der Waals surface area (Å²) in [4.78, 5) is 12.0. The molecule has 5 nitrogen and oxygen atoms in total. The van der Waals surface area contributed by atoms with Gasteiger partial charge in [-0.15, -0.1) is 0 Å². The molecule has 2 N–H and O–H groups in total. The molecule has 116 valence electrons. The molecule has 0 spiro atoms. The topological polar surface area (TPSA) is 75.3 Å². The van der Waals surface area contributed by atoms with Crippen LogP contribution in [0, 0.1) is 13.8 Å². The molecule has 0 bridgehead atoms. The fourth-order valence-electron chi connectivity index (χ4n) is 1.87. The first-order valence-electron chi connectivity index (χ1n) is 6.80. The van der Waals surface area contributed by atoms with Gasteiger partial charge >= 0.3 is 0 Å². The molecule has 0 aromatic heterocycles. The van der Waals surface area contributed by atoms with E-state index in [0.717, 1.165) is 11.1 Å². The number of carbonyl (C=O) groups excluding carboxylic acids is 1. The Labute approximate surface area is 130 Å². The second-order valence-electron chi connectivity index (χ2n) is 4.98. The average Bonchev–Trinajstić information content (AvgIpc) is 2.50. The number of benzene rings is 2. The SMILES string of the molecule is Cc1ccc(NC(=O)CNS(=O)(=O)c2ccccc2)cc1C. The van der Waals surface area contributed by atoms with E-state index in [1.54, 1.807) is 24.3 Å². The van der Waals surface area contributed by atoms with Crippen molar-refractivity contribution in [1.29, 1.82) is 0 Å². The van der Waals surface area contributed by atoms with Gasteiger partial charge in [0.2, 0.25) is 15.9 Å². The van der Waals surface area contributed by atoms with Crippen molar-refractivity contribution in [2.24, 2.45) is 0 Å². The van der Waals surface area contributed by atoms with Crippen LogP contribution in [0.15, 0.2) is 53.4 Å². The largest absolute Gasteiger partial charge is 0.325 e. The van der Waals surface area contributed by atoms with Crippen LogP contribution in [0.2, 0.25) is 0 Å². The van der Waals surface area contributed by atoms with Crippen molar-refractivity contribution in [1.82, 2.24) is 4.72 Å². The molecular weight excluding hydrogens is 300 g/mol. The number of nitrogens with one attached hydrogen (secondary N) is 2. The molecule has 0 fully saturated rings. The first kappa shape index (κ1) is 16.2. The normalized spacial score (nSPS) is 11.2. The standard InChI is InChI=1S/C16H18N2O3S/c1-12-8-9-14(10-13(12)2)18-16(19)11-17-22(20,21)15-6-4-3-5-7-15/h3-10,17H,11H2,1-2H3,(H,18,19). The molecule has 2 aromatic carbocycles. The highest BCUT2D eigenvalue weighted by molar-refractivity contribution is 7.89. The zero-order valence-corrected chi connectivity index (χ0v) is 13.3. The third-order valence-electron chi connectivity index (χ3n) is 3.27. The molecule has 0 unspecified atom stereocenters. The lowest BCUT2D eigenvalue weighted by atomic mass is 10.1. The Morgan fingerprint density at radius 2 is 1.68 bits per heavy atom. The van der Waals surface area contributed by atoms with Crippen LogP contribution in [0.1, 0.15) is 11.1 Å². The Morgan fingerprint density at radius 1 is 1.00 bits per heavy atom. The van der Waals surface area contributed by atoms with Crippen LogP contribution in [0.4, 0.5) is 5.69 Å². The van der Waals surface area contributed by atoms with Crippen molar-refractivity contribution < 1.29 is 13.2 Å². The predicted octanol–water partition coefficient (Wildman–Crippen LogP) is 2.22. The number of rotatable bonds is 5. The van der Waals surface area contributed by atoms with Crippen molar-refractivity contribution in [3.63, 3.8) is 0 Å². The lowest BCUT2D eigenvalue weighted by Crippen LogP contribution is -2.32. The van der Waals surface area contributed by atoms with Gasteiger partial charge in [0.25, 0.3) is 0 Å². The van der Waals surface area contributed by atoms with Crippen LogP contribution in [0.5, 0.6) is 0 Å². The predicted molar refractivity (Wildman–Crippen MR) is 86.2 cm³/mol. The monoisotopic (exact) mass is 318 g/mol. The summed E-state index contributed by atoms with van der Waals surface area (Å²) in [6.07, 6.45) is 0. The molecule has 1 amide bonds. The minimum atomic E-state index is -3.67. The second kappa shape index (κ2) is 6.72. The van der Waals surface area contributed by atoms with Gasteiger partial charge in [0.05, 0.1) is 11.4 Å². The zero-order valence-electron chi connectivity index (χ0n) is 12.5. The third kappa shape index (κ3) is 4.16. The molecule has 0 aliphatic carbocycles. The molecule has 0 aliphatic rings. The highest BCUT2D eigenvalue weighted by Crippen LogP contribution is 2.14. The minimum absolute atomic E-state index is 0.133. The number of anilines is 1. The van der Waals surface area contributed by atoms with Crippen LogP contribution < -0.4 is 10.0 Å². The highest BCUT2D eigenvalue weighted by atomic mass is 32.2. The van der Waals surface area contributed by atoms with E-state index >= 15 is 0 Å². The molecular formula is C16H18N2O3S. The van der Waals surface area contributed by atoms with Crippen LogP contribution >= 0.6 is 0 Å². The van der Waals surface area contributed by atoms with Gasteiger partial charge in [0.1, 0.15) is 0 Å². The summed E-state index contributed by atoms with van der Waals surface area (Å²) in [6.45, 7) is 3.61. The Morgan fingerprint density at radius 3 is 2.32 bits per heavy atom. The lowest BCUT2D eigenvalue weighted by molar-refractivity contribution is -0.115. The first-order valence-corrected chi connectivity index (χ1v) is 8.28. The van der Waals surface area contributed by atoms with Crippen LogP contribution in [-0.2, 0) is 14.8 Å². The summed E-state index contributed by atoms with van der Waals surface area (Å²) >= 11 is 0. The molecule has 2 aromatic rings. The maximum atomic E-state index is 12.0. The van der Waals surface area contributed by atoms with E-state index in [1.807, 2.05) is 26.0 Å². The van der Waals surface area contributed by atoms with E-state index in [-0.39, 0.29) is 11.4 Å². The molecule has 0 radical (unpaired) electrons. The number of carbonyl (C=O) groups is 1. The van der Waals surface area contributed by atoms with Crippen molar-refractivity contribution in [2.45, 2.75) is 18.7 Å². The summed E-state index contributed by atoms with van der Waals surface area (Å²) < 4.78 is 26.3. The Bertz CT molecular complexity index is 771. The first-order chi connectivity index (χ1) is 10.4. The van der Waals surface area contributed by atoms with Crippen LogP contribution in [0.25, 0.3) is 0 Å². The van der Waals surface area contributed by atoms with Gasteiger partial charge in [-0.3, -0.25) is 4.79 Å². The van der Waals surface area contributed by atoms with E-state index < -0.39 is 15.9 Å². The Kier molecular flexibility index (Phi) is 4.95. The molecule has 2 rings (SSSR count). The van der Waals surface area contributed by atoms with E-state index in [9.17, 15) is 13.2 Å². The third-order valence-corrected chi connectivity index (χ3v) is 4.68. The highest BCUT2D eigenvalue weighted by Gasteiger charge is 2.14. The van der Waals surface area contributed by atoms with Crippen LogP contribution in [0.3, 0.4) is 0 Å². The Balaban J connectivity index is 1.97. The molecule has 22 heavy (non-hydrogen) atoms. The second-order valence-corrected chi connectivity index (χ2v) is 6.75. The number of hydrogen-bond donors (Lipinski definition) is 2. The molecule has 6 heteroatoms. The van der Waals surface area contributed by atoms with E-state index in [2.05, 4.69) is 10.0 Å². The van der Waals surface area contributed by atoms with Crippen molar-refractivity contribution in [2.75, 3.05) is 11.9 Å². The van der Waals surface area contributed by atoms with E-state index in [1.165, 1.54) is 12.1 Å². The fourth-order valence-corrected chi connectivity index (χ4v) is 2.87. The summed E-state index contributed by atoms with van der Waals surface area (Å²) in [7, 11) is -3.67. The molecule has 0 aliphatic heterocycles. The van der Waals surface area contributed by atoms with Gasteiger partial charge in [0.15, 0.2) is 0 Å². The fraction of sp³-hybridized carbons (Fsp3) is 0.188. The molecule has 0 saturated carbocycles. The Hall–Kier alpha value is -2.18. The quantitative estimate of drug-likeness (QED) is 0.887. The van der Waals surface area contributed by atoms with Gasteiger partial charge in [-0.25, -0.2) is 13.1 Å². The number of amides is 1. The van der Waals surface area contributed by atoms with Crippen molar-refractivity contribution in [3.8, 4) is 0 Å². The molecule has 0 heterocycles. The lowest BCUT2D eigenvalue weighted by Gasteiger charge is -2.09. The maximum absolute atomic E-state index is 12.0. The average molecular weight is 318 g/mol. The van der Waals surface area contributed by atoms with E-state index in [4.69, 9.17) is 0 Å². The van der Waals surface area contributed by atoms with Gasteiger partial charge < -0.3 is 5.32 Å². The summed E-state index contributed by atoms with van der Waals surface area (Å²) in [5.41, 5.74) is 2.83. The smallest absolute Gasteiger partial charge is 0.241 e. The van der Waals surface area contributed by atoms with Crippen LogP contribution in [-0.4, -0.2) is 20.9 Å². The van der Waals surface area contributed by atoms with Crippen molar-refractivity contribution in [3.05, 3.63) is 59.7 Å². The van der Waals surface area contributed by atoms with Gasteiger partial charge in [-0.05, 0) is 49.2 Å². The molecule has 0 atom stereocenters. The summed E-state index contributed by atoms with van der Waals surface area (Å²) in [6, 6.07) is 13.5. The number of hydrogen-bond acceptors (Lipinski definition) is 3. The number of aryl methyl sites for hydroxylation is 2. The van der Waals surface area contributed by atoms with Crippen molar-refractivity contribution >= 4 is 21.6 Å². The number of sulfonamides is 1. The van der Waals surface area contributed by atoms with Gasteiger partial charge in [-0.1, -0.05) is 24.3 Å². The van der Waals surface area contributed by atoms with Gasteiger partial charge in [0, 0.05) is 5.69 Å². The summed E-state index contributed by atoms with van der Waals surface area (Å²) in [5, 5.41) is 2.67. The summed E-state index contributed by atoms with van der Waals surface area (Å²) in [5.74, 6) is -0.414. The maximum Gasteiger partial charge on any atom is 0.241 e. The minimum Gasteiger partial charge on any atom is -0.325 e. The van der Waals surface area contributed by atoms with Gasteiger partial charge in [-0.2, -0.15) is 0 Å².